The zero-order valence-electron chi connectivity index (χ0n) is 20.8. The first-order valence-corrected chi connectivity index (χ1v) is 11.8. The Bertz CT molecular complexity index is 1670. The molecule has 5 rings (SSSR count). The van der Waals surface area contributed by atoms with Crippen LogP contribution in [0.1, 0.15) is 26.3 Å². The van der Waals surface area contributed by atoms with Gasteiger partial charge in [0.25, 0.3) is 0 Å². The lowest BCUT2D eigenvalue weighted by atomic mass is 10.0. The van der Waals surface area contributed by atoms with Crippen LogP contribution in [-0.2, 0) is 4.79 Å². The number of carbonyl (C=O) groups is 1. The van der Waals surface area contributed by atoms with Gasteiger partial charge >= 0.3 is 0 Å². The maximum Gasteiger partial charge on any atom is 0.226 e. The Morgan fingerprint density at radius 1 is 1.14 bits per heavy atom. The summed E-state index contributed by atoms with van der Waals surface area (Å²) in [6, 6.07) is 9.91. The van der Waals surface area contributed by atoms with Crippen molar-refractivity contribution in [1.29, 1.82) is 0 Å². The highest BCUT2D eigenvalue weighted by atomic mass is 16.1. The molecule has 0 aliphatic carbocycles. The molecule has 3 N–H and O–H groups in total. The summed E-state index contributed by atoms with van der Waals surface area (Å²) in [5.41, 5.74) is 7.53. The lowest BCUT2D eigenvalue weighted by Crippen LogP contribution is -2.26. The molecule has 0 bridgehead atoms. The monoisotopic (exact) mass is 490 g/mol. The van der Waals surface area contributed by atoms with Crippen LogP contribution in [0.3, 0.4) is 0 Å². The Balaban J connectivity index is 1.54. The summed E-state index contributed by atoms with van der Waals surface area (Å²) in [7, 11) is 0. The number of rotatable bonds is 7. The molecule has 37 heavy (non-hydrogen) atoms. The van der Waals surface area contributed by atoms with Crippen LogP contribution in [0.25, 0.3) is 50.2 Å². The molecule has 0 aliphatic rings. The molecule has 0 atom stereocenters. The molecule has 0 saturated carbocycles. The summed E-state index contributed by atoms with van der Waals surface area (Å²) in [6.07, 6.45) is 10.5. The van der Waals surface area contributed by atoms with Crippen LogP contribution in [0, 0.1) is 5.92 Å². The first-order chi connectivity index (χ1) is 17.9. The molecule has 0 fully saturated rings. The van der Waals surface area contributed by atoms with E-state index in [9.17, 15) is 4.79 Å². The zero-order chi connectivity index (χ0) is 25.9. The van der Waals surface area contributed by atoms with Gasteiger partial charge in [-0.2, -0.15) is 5.10 Å². The molecule has 1 amide bonds. The predicted molar refractivity (Wildman–Crippen MR) is 146 cm³/mol. The second kappa shape index (κ2) is 9.98. The van der Waals surface area contributed by atoms with E-state index >= 15 is 0 Å². The molecule has 184 valence electrons. The maximum absolute atomic E-state index is 12.2. The van der Waals surface area contributed by atoms with Gasteiger partial charge in [0.2, 0.25) is 5.91 Å². The molecule has 9 heteroatoms. The Morgan fingerprint density at radius 3 is 2.76 bits per heavy atom. The van der Waals surface area contributed by atoms with Crippen LogP contribution in [0.15, 0.2) is 78.1 Å². The molecule has 0 saturated heterocycles. The SMILES string of the molecule is C=N/C=C(\C=C(/C)c1ccc2[nH]nc(-c3nc4c(-c5cccnc5)cncc4[nH]3)c2c1)NC(=O)C(C)C. The van der Waals surface area contributed by atoms with E-state index in [4.69, 9.17) is 4.98 Å². The van der Waals surface area contributed by atoms with E-state index in [1.54, 1.807) is 24.8 Å². The Morgan fingerprint density at radius 2 is 2.00 bits per heavy atom. The standard InChI is InChI=1S/C28H26N8O/c1-16(2)28(37)32-20(13-29-4)10-17(3)18-7-8-23-21(11-18)26(36-35-23)27-33-24-15-31-14-22(25(24)34-27)19-6-5-9-30-12-19/h5-16H,4H2,1-3H3,(H,32,37)(H,33,34)(H,35,36)/b17-10+,20-13+. The number of benzene rings is 1. The lowest BCUT2D eigenvalue weighted by Gasteiger charge is -2.10. The second-order valence-corrected chi connectivity index (χ2v) is 8.98. The van der Waals surface area contributed by atoms with E-state index < -0.39 is 0 Å². The molecular weight excluding hydrogens is 464 g/mol. The van der Waals surface area contributed by atoms with E-state index in [1.807, 2.05) is 51.1 Å². The number of fused-ring (bicyclic) bond motifs is 2. The minimum absolute atomic E-state index is 0.0865. The first kappa shape index (κ1) is 23.8. The van der Waals surface area contributed by atoms with Crippen LogP contribution >= 0.6 is 0 Å². The van der Waals surface area contributed by atoms with Crippen molar-refractivity contribution in [3.05, 3.63) is 78.7 Å². The number of amides is 1. The highest BCUT2D eigenvalue weighted by molar-refractivity contribution is 5.97. The van der Waals surface area contributed by atoms with Crippen LogP contribution in [-0.4, -0.2) is 42.8 Å². The number of aromatic nitrogens is 6. The van der Waals surface area contributed by atoms with Crippen molar-refractivity contribution < 1.29 is 4.79 Å². The Labute approximate surface area is 213 Å². The molecule has 0 aliphatic heterocycles. The van der Waals surface area contributed by atoms with Gasteiger partial charge in [-0.15, -0.1) is 0 Å². The highest BCUT2D eigenvalue weighted by Gasteiger charge is 2.16. The number of hydrogen-bond acceptors (Lipinski definition) is 6. The highest BCUT2D eigenvalue weighted by Crippen LogP contribution is 2.31. The quantitative estimate of drug-likeness (QED) is 0.211. The number of H-pyrrole nitrogens is 2. The van der Waals surface area contributed by atoms with Gasteiger partial charge in [0, 0.05) is 47.2 Å². The number of imidazole rings is 1. The van der Waals surface area contributed by atoms with E-state index in [0.29, 0.717) is 17.2 Å². The van der Waals surface area contributed by atoms with Crippen LogP contribution in [0.5, 0.6) is 0 Å². The molecule has 9 nitrogen and oxygen atoms in total. The van der Waals surface area contributed by atoms with Crippen molar-refractivity contribution in [3.63, 3.8) is 0 Å². The van der Waals surface area contributed by atoms with Crippen molar-refractivity contribution in [2.24, 2.45) is 10.9 Å². The fraction of sp³-hybridized carbons (Fsp3) is 0.143. The van der Waals surface area contributed by atoms with Crippen molar-refractivity contribution >= 4 is 40.1 Å². The molecule has 4 aromatic heterocycles. The van der Waals surface area contributed by atoms with E-state index in [-0.39, 0.29) is 11.8 Å². The Kier molecular flexibility index (Phi) is 6.42. The van der Waals surface area contributed by atoms with E-state index in [0.717, 1.165) is 44.2 Å². The maximum atomic E-state index is 12.2. The van der Waals surface area contributed by atoms with Crippen molar-refractivity contribution in [3.8, 4) is 22.6 Å². The van der Waals surface area contributed by atoms with Gasteiger partial charge in [-0.3, -0.25) is 24.9 Å². The van der Waals surface area contributed by atoms with Crippen LogP contribution < -0.4 is 5.32 Å². The molecule has 4 heterocycles. The number of aromatic amines is 2. The summed E-state index contributed by atoms with van der Waals surface area (Å²) in [4.78, 5) is 32.9. The summed E-state index contributed by atoms with van der Waals surface area (Å²) < 4.78 is 0. The first-order valence-electron chi connectivity index (χ1n) is 11.8. The van der Waals surface area contributed by atoms with Crippen molar-refractivity contribution in [1.82, 2.24) is 35.5 Å². The average Bonchev–Trinajstić information content (AvgIpc) is 3.52. The minimum Gasteiger partial charge on any atom is -0.335 e. The number of nitrogens with zero attached hydrogens (tertiary/aromatic N) is 5. The molecule has 5 aromatic rings. The third-order valence-electron chi connectivity index (χ3n) is 6.00. The van der Waals surface area contributed by atoms with Gasteiger partial charge in [-0.25, -0.2) is 4.98 Å². The third kappa shape index (κ3) is 4.79. The fourth-order valence-electron chi connectivity index (χ4n) is 4.03. The van der Waals surface area contributed by atoms with E-state index in [1.165, 1.54) is 6.20 Å². The topological polar surface area (TPSA) is 125 Å². The second-order valence-electron chi connectivity index (χ2n) is 8.98. The summed E-state index contributed by atoms with van der Waals surface area (Å²) >= 11 is 0. The van der Waals surface area contributed by atoms with Gasteiger partial charge < -0.3 is 10.3 Å². The molecular formula is C28H26N8O. The van der Waals surface area contributed by atoms with Crippen molar-refractivity contribution in [2.75, 3.05) is 0 Å². The van der Waals surface area contributed by atoms with Gasteiger partial charge in [-0.05, 0) is 49.1 Å². The van der Waals surface area contributed by atoms with Gasteiger partial charge in [0.1, 0.15) is 11.2 Å². The number of pyridine rings is 2. The number of hydrogen-bond donors (Lipinski definition) is 3. The predicted octanol–water partition coefficient (Wildman–Crippen LogP) is 5.28. The molecule has 0 radical (unpaired) electrons. The largest absolute Gasteiger partial charge is 0.335 e. The number of allylic oxidation sites excluding steroid dienone is 2. The summed E-state index contributed by atoms with van der Waals surface area (Å²) in [5, 5.41) is 11.5. The van der Waals surface area contributed by atoms with Crippen LogP contribution in [0.4, 0.5) is 0 Å². The van der Waals surface area contributed by atoms with Crippen LogP contribution in [0.2, 0.25) is 0 Å². The third-order valence-corrected chi connectivity index (χ3v) is 6.00. The normalized spacial score (nSPS) is 12.4. The minimum atomic E-state index is -0.149. The zero-order valence-corrected chi connectivity index (χ0v) is 20.8. The van der Waals surface area contributed by atoms with Gasteiger partial charge in [-0.1, -0.05) is 26.0 Å². The summed E-state index contributed by atoms with van der Waals surface area (Å²) in [6.45, 7) is 9.18. The number of aliphatic imine (C=N–C) groups is 1. The van der Waals surface area contributed by atoms with E-state index in [2.05, 4.69) is 48.2 Å². The molecule has 0 unspecified atom stereocenters. The average molecular weight is 491 g/mol. The lowest BCUT2D eigenvalue weighted by molar-refractivity contribution is -0.123. The number of carbonyl (C=O) groups excluding carboxylic acids is 1. The van der Waals surface area contributed by atoms with Gasteiger partial charge in [0.05, 0.1) is 22.9 Å². The molecule has 0 spiro atoms. The number of nitrogens with one attached hydrogen (secondary N) is 3. The fourth-order valence-corrected chi connectivity index (χ4v) is 4.03. The smallest absolute Gasteiger partial charge is 0.226 e. The Hall–Kier alpha value is -4.92. The van der Waals surface area contributed by atoms with Crippen molar-refractivity contribution in [2.45, 2.75) is 20.8 Å². The summed E-state index contributed by atoms with van der Waals surface area (Å²) in [5.74, 6) is 0.403. The molecule has 1 aromatic carbocycles. The van der Waals surface area contributed by atoms with Gasteiger partial charge in [0.15, 0.2) is 5.82 Å².